The van der Waals surface area contributed by atoms with Crippen molar-refractivity contribution >= 4 is 5.91 Å². The van der Waals surface area contributed by atoms with Gasteiger partial charge in [-0.2, -0.15) is 5.26 Å². The molecule has 1 heterocycles. The van der Waals surface area contributed by atoms with Crippen molar-refractivity contribution in [3.63, 3.8) is 0 Å². The summed E-state index contributed by atoms with van der Waals surface area (Å²) in [6.07, 6.45) is 3.45. The summed E-state index contributed by atoms with van der Waals surface area (Å²) in [5.74, 6) is 0.0192. The van der Waals surface area contributed by atoms with Gasteiger partial charge in [-0.3, -0.25) is 4.79 Å². The monoisotopic (exact) mass is 250 g/mol. The molecule has 0 aromatic carbocycles. The number of nitriles is 1. The highest BCUT2D eigenvalue weighted by molar-refractivity contribution is 5.86. The zero-order valence-electron chi connectivity index (χ0n) is 11.5. The first kappa shape index (κ1) is 13.4. The van der Waals surface area contributed by atoms with Crippen LogP contribution in [0.15, 0.2) is 0 Å². The van der Waals surface area contributed by atoms with Crippen LogP contribution in [0.2, 0.25) is 0 Å². The van der Waals surface area contributed by atoms with Crippen LogP contribution in [0.1, 0.15) is 46.5 Å². The molecule has 2 rings (SSSR count). The first-order valence-corrected chi connectivity index (χ1v) is 6.77. The number of ether oxygens (including phenoxy) is 1. The summed E-state index contributed by atoms with van der Waals surface area (Å²) in [6.45, 7) is 7.16. The van der Waals surface area contributed by atoms with Gasteiger partial charge in [0.15, 0.2) is 0 Å². The van der Waals surface area contributed by atoms with Gasteiger partial charge >= 0.3 is 0 Å². The second-order valence-corrected chi connectivity index (χ2v) is 6.27. The third kappa shape index (κ3) is 2.37. The summed E-state index contributed by atoms with van der Waals surface area (Å²) in [7, 11) is 0. The summed E-state index contributed by atoms with van der Waals surface area (Å²) >= 11 is 0. The topological polar surface area (TPSA) is 53.3 Å². The van der Waals surface area contributed by atoms with Gasteiger partial charge in [-0.25, -0.2) is 0 Å². The summed E-state index contributed by atoms with van der Waals surface area (Å²) in [5.41, 5.74) is -1.07. The molecule has 1 amide bonds. The first-order chi connectivity index (χ1) is 8.38. The van der Waals surface area contributed by atoms with Gasteiger partial charge < -0.3 is 9.64 Å². The molecule has 1 saturated carbocycles. The maximum Gasteiger partial charge on any atom is 0.243 e. The van der Waals surface area contributed by atoms with Gasteiger partial charge in [-0.15, -0.1) is 0 Å². The Morgan fingerprint density at radius 3 is 2.50 bits per heavy atom. The van der Waals surface area contributed by atoms with Crippen molar-refractivity contribution in [2.24, 2.45) is 5.41 Å². The predicted molar refractivity (Wildman–Crippen MR) is 67.7 cm³/mol. The smallest absolute Gasteiger partial charge is 0.243 e. The Hall–Kier alpha value is -1.08. The second kappa shape index (κ2) is 4.55. The number of hydrogen-bond acceptors (Lipinski definition) is 3. The number of carbonyl (C=O) groups excluding carboxylic acids is 1. The molecule has 1 atom stereocenters. The van der Waals surface area contributed by atoms with Crippen LogP contribution in [0.25, 0.3) is 0 Å². The highest BCUT2D eigenvalue weighted by Gasteiger charge is 2.46. The summed E-state index contributed by atoms with van der Waals surface area (Å²) in [5, 5.41) is 9.38. The third-order valence-corrected chi connectivity index (χ3v) is 3.94. The van der Waals surface area contributed by atoms with Gasteiger partial charge in [0.25, 0.3) is 0 Å². The molecule has 0 N–H and O–H groups in total. The maximum absolute atomic E-state index is 12.6. The quantitative estimate of drug-likeness (QED) is 0.716. The molecule has 1 aliphatic heterocycles. The van der Waals surface area contributed by atoms with Gasteiger partial charge in [-0.05, 0) is 33.6 Å². The zero-order valence-corrected chi connectivity index (χ0v) is 11.5. The van der Waals surface area contributed by atoms with E-state index in [1.54, 1.807) is 0 Å². The lowest BCUT2D eigenvalue weighted by atomic mass is 9.85. The Morgan fingerprint density at radius 2 is 2.00 bits per heavy atom. The number of amides is 1. The number of rotatable bonds is 1. The molecule has 1 unspecified atom stereocenters. The third-order valence-electron chi connectivity index (χ3n) is 3.94. The highest BCUT2D eigenvalue weighted by atomic mass is 16.5. The van der Waals surface area contributed by atoms with Crippen molar-refractivity contribution in [1.29, 1.82) is 5.26 Å². The standard InChI is InChI=1S/C14H22N2O2/c1-11-8-16(10-13(2,3)18-11)12(17)14(9-15)6-4-5-7-14/h11H,4-8,10H2,1-3H3. The number of morpholine rings is 1. The fourth-order valence-electron chi connectivity index (χ4n) is 3.26. The Kier molecular flexibility index (Phi) is 3.37. The molecule has 1 saturated heterocycles. The van der Waals surface area contributed by atoms with E-state index in [0.717, 1.165) is 12.8 Å². The van der Waals surface area contributed by atoms with Crippen molar-refractivity contribution in [3.8, 4) is 6.07 Å². The normalized spacial score (nSPS) is 29.9. The predicted octanol–water partition coefficient (Wildman–Crippen LogP) is 2.10. The van der Waals surface area contributed by atoms with Gasteiger partial charge in [0.1, 0.15) is 5.41 Å². The van der Waals surface area contributed by atoms with E-state index < -0.39 is 5.41 Å². The van der Waals surface area contributed by atoms with Crippen LogP contribution in [0, 0.1) is 16.7 Å². The molecule has 0 aromatic rings. The van der Waals surface area contributed by atoms with Crippen LogP contribution in [0.4, 0.5) is 0 Å². The Bertz CT molecular complexity index is 378. The molecule has 2 fully saturated rings. The molecule has 2 aliphatic rings. The molecule has 0 bridgehead atoms. The van der Waals surface area contributed by atoms with Crippen molar-refractivity contribution in [2.75, 3.05) is 13.1 Å². The molecule has 18 heavy (non-hydrogen) atoms. The van der Waals surface area contributed by atoms with E-state index in [1.807, 2.05) is 25.7 Å². The van der Waals surface area contributed by atoms with Gasteiger partial charge in [0, 0.05) is 13.1 Å². The van der Waals surface area contributed by atoms with E-state index in [0.29, 0.717) is 25.9 Å². The summed E-state index contributed by atoms with van der Waals surface area (Å²) in [4.78, 5) is 14.5. The number of hydrogen-bond donors (Lipinski definition) is 0. The van der Waals surface area contributed by atoms with E-state index in [4.69, 9.17) is 4.74 Å². The fraction of sp³-hybridized carbons (Fsp3) is 0.857. The van der Waals surface area contributed by atoms with Gasteiger partial charge in [0.05, 0.1) is 17.8 Å². The Morgan fingerprint density at radius 1 is 1.39 bits per heavy atom. The molecule has 1 aliphatic carbocycles. The molecule has 0 aromatic heterocycles. The first-order valence-electron chi connectivity index (χ1n) is 6.77. The largest absolute Gasteiger partial charge is 0.369 e. The Labute approximate surface area is 109 Å². The van der Waals surface area contributed by atoms with Crippen molar-refractivity contribution in [2.45, 2.75) is 58.2 Å². The van der Waals surface area contributed by atoms with Crippen LogP contribution >= 0.6 is 0 Å². The molecule has 4 heteroatoms. The van der Waals surface area contributed by atoms with Crippen LogP contribution in [-0.2, 0) is 9.53 Å². The van der Waals surface area contributed by atoms with E-state index >= 15 is 0 Å². The summed E-state index contributed by atoms with van der Waals surface area (Å²) in [6, 6.07) is 2.28. The molecule has 0 radical (unpaired) electrons. The van der Waals surface area contributed by atoms with E-state index in [9.17, 15) is 10.1 Å². The van der Waals surface area contributed by atoms with E-state index in [1.165, 1.54) is 0 Å². The zero-order chi connectivity index (χ0) is 13.4. The SMILES string of the molecule is CC1CN(C(=O)C2(C#N)CCCC2)CC(C)(C)O1. The van der Waals surface area contributed by atoms with Crippen molar-refractivity contribution < 1.29 is 9.53 Å². The molecule has 4 nitrogen and oxygen atoms in total. The maximum atomic E-state index is 12.6. The van der Waals surface area contributed by atoms with Crippen LogP contribution in [-0.4, -0.2) is 35.6 Å². The number of nitrogens with zero attached hydrogens (tertiary/aromatic N) is 2. The minimum absolute atomic E-state index is 0.0192. The van der Waals surface area contributed by atoms with Crippen LogP contribution < -0.4 is 0 Å². The van der Waals surface area contributed by atoms with Gasteiger partial charge in [0.2, 0.25) is 5.91 Å². The van der Waals surface area contributed by atoms with Crippen molar-refractivity contribution in [3.05, 3.63) is 0 Å². The number of carbonyl (C=O) groups is 1. The van der Waals surface area contributed by atoms with Gasteiger partial charge in [-0.1, -0.05) is 12.8 Å². The molecular formula is C14H22N2O2. The molecule has 100 valence electrons. The lowest BCUT2D eigenvalue weighted by Crippen LogP contribution is -2.56. The molecular weight excluding hydrogens is 228 g/mol. The minimum Gasteiger partial charge on any atom is -0.369 e. The van der Waals surface area contributed by atoms with E-state index in [-0.39, 0.29) is 17.6 Å². The van der Waals surface area contributed by atoms with Crippen LogP contribution in [0.3, 0.4) is 0 Å². The average molecular weight is 250 g/mol. The lowest BCUT2D eigenvalue weighted by Gasteiger charge is -2.43. The minimum atomic E-state index is -0.757. The van der Waals surface area contributed by atoms with Crippen LogP contribution in [0.5, 0.6) is 0 Å². The average Bonchev–Trinajstić information content (AvgIpc) is 2.75. The van der Waals surface area contributed by atoms with E-state index in [2.05, 4.69) is 6.07 Å². The van der Waals surface area contributed by atoms with Crippen molar-refractivity contribution in [1.82, 2.24) is 4.90 Å². The fourth-order valence-corrected chi connectivity index (χ4v) is 3.26. The second-order valence-electron chi connectivity index (χ2n) is 6.27. The summed E-state index contributed by atoms with van der Waals surface area (Å²) < 4.78 is 5.81. The lowest BCUT2D eigenvalue weighted by molar-refractivity contribution is -0.164. The Balaban J connectivity index is 2.16. The molecule has 0 spiro atoms. The highest BCUT2D eigenvalue weighted by Crippen LogP contribution is 2.40.